The lowest BCUT2D eigenvalue weighted by atomic mass is 10.2. The summed E-state index contributed by atoms with van der Waals surface area (Å²) in [6, 6.07) is -0.429. The summed E-state index contributed by atoms with van der Waals surface area (Å²) >= 11 is 0. The number of carbonyl (C=O) groups is 1. The lowest BCUT2D eigenvalue weighted by Gasteiger charge is -2.20. The molecule has 0 aromatic carbocycles. The lowest BCUT2D eigenvalue weighted by molar-refractivity contribution is -0.714. The summed E-state index contributed by atoms with van der Waals surface area (Å²) in [5, 5.41) is 24.6. The zero-order valence-corrected chi connectivity index (χ0v) is 12.7. The summed E-state index contributed by atoms with van der Waals surface area (Å²) in [7, 11) is 1.43. The van der Waals surface area contributed by atoms with Gasteiger partial charge in [0, 0.05) is 6.92 Å². The van der Waals surface area contributed by atoms with Crippen LogP contribution in [0.5, 0.6) is 0 Å². The van der Waals surface area contributed by atoms with Crippen molar-refractivity contribution < 1.29 is 29.2 Å². The van der Waals surface area contributed by atoms with Gasteiger partial charge in [-0.15, -0.1) is 5.01 Å². The molecule has 0 aliphatic rings. The van der Waals surface area contributed by atoms with Gasteiger partial charge < -0.3 is 19.8 Å². The number of carbonyl (C=O) groups excluding carboxylic acids is 1. The van der Waals surface area contributed by atoms with Crippen LogP contribution in [0.2, 0.25) is 0 Å². The molecular formula is C11H23N3O6. The van der Waals surface area contributed by atoms with Crippen molar-refractivity contribution in [1.29, 1.82) is 0 Å². The Bertz CT molecular complexity index is 342. The van der Waals surface area contributed by atoms with E-state index in [1.54, 1.807) is 27.7 Å². The Kier molecular flexibility index (Phi) is 7.05. The third kappa shape index (κ3) is 7.62. The van der Waals surface area contributed by atoms with Crippen molar-refractivity contribution in [1.82, 2.24) is 5.01 Å². The Labute approximate surface area is 118 Å². The second kappa shape index (κ2) is 7.73. The van der Waals surface area contributed by atoms with Crippen LogP contribution in [0.15, 0.2) is 5.28 Å². The lowest BCUT2D eigenvalue weighted by Crippen LogP contribution is -2.37. The number of likely N-dealkylation sites (N-methyl/N-ethyl adjacent to an activating group) is 1. The van der Waals surface area contributed by atoms with Gasteiger partial charge in [0.25, 0.3) is 6.29 Å². The van der Waals surface area contributed by atoms with E-state index in [1.165, 1.54) is 14.0 Å². The molecule has 0 spiro atoms. The fourth-order valence-electron chi connectivity index (χ4n) is 0.882. The molecular weight excluding hydrogens is 270 g/mol. The Morgan fingerprint density at radius 2 is 2.00 bits per heavy atom. The Hall–Kier alpha value is -1.77. The van der Waals surface area contributed by atoms with Crippen LogP contribution in [0.25, 0.3) is 0 Å². The third-order valence-electron chi connectivity index (χ3n) is 2.09. The molecule has 2 atom stereocenters. The van der Waals surface area contributed by atoms with Crippen molar-refractivity contribution in [2.75, 3.05) is 13.7 Å². The maximum atomic E-state index is 11.4. The van der Waals surface area contributed by atoms with Crippen molar-refractivity contribution in [2.24, 2.45) is 5.28 Å². The molecule has 118 valence electrons. The molecule has 20 heavy (non-hydrogen) atoms. The molecule has 0 fully saturated rings. The van der Waals surface area contributed by atoms with E-state index >= 15 is 0 Å². The molecule has 0 heterocycles. The molecule has 0 bridgehead atoms. The fourth-order valence-corrected chi connectivity index (χ4v) is 0.882. The summed E-state index contributed by atoms with van der Waals surface area (Å²) in [6.45, 7) is 7.87. The van der Waals surface area contributed by atoms with E-state index in [2.05, 4.69) is 5.28 Å². The average Bonchev–Trinajstić information content (AvgIpc) is 2.31. The van der Waals surface area contributed by atoms with Crippen molar-refractivity contribution in [3.63, 3.8) is 0 Å². The van der Waals surface area contributed by atoms with E-state index in [-0.39, 0.29) is 11.6 Å². The first kappa shape index (κ1) is 18.2. The first-order valence-electron chi connectivity index (χ1n) is 6.14. The number of aliphatic hydroxyl groups excluding tert-OH is 1. The summed E-state index contributed by atoms with van der Waals surface area (Å²) in [5.41, 5.74) is -0.685. The molecule has 0 aromatic heterocycles. The van der Waals surface area contributed by atoms with Gasteiger partial charge in [-0.3, -0.25) is 4.84 Å². The number of ether oxygens (including phenoxy) is 2. The Morgan fingerprint density at radius 3 is 2.45 bits per heavy atom. The number of aliphatic hydroxyl groups is 1. The summed E-state index contributed by atoms with van der Waals surface area (Å²) in [4.78, 5) is 16.1. The highest BCUT2D eigenvalue weighted by molar-refractivity contribution is 5.60. The number of hydrazine groups is 1. The van der Waals surface area contributed by atoms with Gasteiger partial charge in [0.05, 0.1) is 18.6 Å². The van der Waals surface area contributed by atoms with Gasteiger partial charge in [-0.25, -0.2) is 4.79 Å². The molecule has 0 radical (unpaired) electrons. The van der Waals surface area contributed by atoms with Crippen LogP contribution in [0.4, 0.5) is 4.79 Å². The molecule has 0 aliphatic heterocycles. The standard InChI is InChI=1S/C11H23N3O6/c1-8(7-15)13(6)14(17)12-20-9(2)18-10(16)19-11(3,4)5/h8-9,15H,7H2,1-6H3/b14-12-/t8-,9?/m0/s1. The van der Waals surface area contributed by atoms with Gasteiger partial charge in [0.1, 0.15) is 11.6 Å². The monoisotopic (exact) mass is 293 g/mol. The van der Waals surface area contributed by atoms with E-state index in [4.69, 9.17) is 19.4 Å². The van der Waals surface area contributed by atoms with E-state index in [1.807, 2.05) is 0 Å². The molecule has 0 saturated carbocycles. The maximum absolute atomic E-state index is 11.4. The van der Waals surface area contributed by atoms with Crippen LogP contribution >= 0.6 is 0 Å². The van der Waals surface area contributed by atoms with Crippen LogP contribution < -0.4 is 0 Å². The summed E-state index contributed by atoms with van der Waals surface area (Å²) in [6.07, 6.45) is -2.01. The third-order valence-corrected chi connectivity index (χ3v) is 2.09. The zero-order valence-electron chi connectivity index (χ0n) is 12.7. The quantitative estimate of drug-likeness (QED) is 0.259. The number of hydrogen-bond acceptors (Lipinski definition) is 7. The highest BCUT2D eigenvalue weighted by Crippen LogP contribution is 2.09. The molecule has 0 aromatic rings. The SMILES string of the molecule is CC(O/N=[N+](\[O-])N(C)[C@@H](C)CO)OC(=O)OC(C)(C)C. The van der Waals surface area contributed by atoms with Gasteiger partial charge in [0.15, 0.2) is 0 Å². The average molecular weight is 293 g/mol. The largest absolute Gasteiger partial charge is 0.569 e. The first-order valence-corrected chi connectivity index (χ1v) is 6.14. The number of nitrogens with zero attached hydrogens (tertiary/aromatic N) is 3. The van der Waals surface area contributed by atoms with Crippen LogP contribution in [0, 0.1) is 5.21 Å². The molecule has 9 heteroatoms. The molecule has 1 N–H and O–H groups in total. The predicted octanol–water partition coefficient (Wildman–Crippen LogP) is 1.41. The number of rotatable bonds is 6. The minimum Gasteiger partial charge on any atom is -0.569 e. The summed E-state index contributed by atoms with van der Waals surface area (Å²) < 4.78 is 9.63. The topological polar surface area (TPSA) is 107 Å². The first-order chi connectivity index (χ1) is 9.06. The van der Waals surface area contributed by atoms with E-state index in [0.717, 1.165) is 5.01 Å². The highest BCUT2D eigenvalue weighted by atomic mass is 16.8. The van der Waals surface area contributed by atoms with Crippen LogP contribution in [-0.4, -0.2) is 52.8 Å². The van der Waals surface area contributed by atoms with Gasteiger partial charge in [-0.05, 0) is 27.7 Å². The smallest absolute Gasteiger partial charge is 0.511 e. The van der Waals surface area contributed by atoms with Crippen molar-refractivity contribution in [2.45, 2.75) is 52.6 Å². The zero-order chi connectivity index (χ0) is 15.9. The predicted molar refractivity (Wildman–Crippen MR) is 68.2 cm³/mol. The van der Waals surface area contributed by atoms with Crippen molar-refractivity contribution in [3.05, 3.63) is 5.21 Å². The second-order valence-corrected chi connectivity index (χ2v) is 5.19. The highest BCUT2D eigenvalue weighted by Gasteiger charge is 2.21. The van der Waals surface area contributed by atoms with Gasteiger partial charge in [0.2, 0.25) is 5.28 Å². The van der Waals surface area contributed by atoms with E-state index in [9.17, 15) is 10.0 Å². The maximum Gasteiger partial charge on any atom is 0.511 e. The molecule has 1 unspecified atom stereocenters. The van der Waals surface area contributed by atoms with Crippen molar-refractivity contribution in [3.8, 4) is 0 Å². The van der Waals surface area contributed by atoms with Gasteiger partial charge >= 0.3 is 6.16 Å². The fraction of sp³-hybridized carbons (Fsp3) is 0.909. The van der Waals surface area contributed by atoms with Crippen LogP contribution in [-0.2, 0) is 14.3 Å². The molecule has 0 amide bonds. The van der Waals surface area contributed by atoms with Crippen molar-refractivity contribution >= 4 is 6.16 Å². The Morgan fingerprint density at radius 1 is 1.45 bits per heavy atom. The Balaban J connectivity index is 4.27. The van der Waals surface area contributed by atoms with Crippen LogP contribution in [0.3, 0.4) is 0 Å². The van der Waals surface area contributed by atoms with Gasteiger partial charge in [-0.1, -0.05) is 0 Å². The molecule has 0 aliphatic carbocycles. The minimum atomic E-state index is -1.08. The molecule has 0 rings (SSSR count). The molecule has 0 saturated heterocycles. The van der Waals surface area contributed by atoms with E-state index in [0.29, 0.717) is 0 Å². The van der Waals surface area contributed by atoms with Crippen LogP contribution in [0.1, 0.15) is 34.6 Å². The number of hydrogen-bond donors (Lipinski definition) is 1. The summed E-state index contributed by atoms with van der Waals surface area (Å²) in [5.74, 6) is 0. The van der Waals surface area contributed by atoms with E-state index < -0.39 is 24.1 Å². The normalized spacial score (nSPS) is 15.2. The second-order valence-electron chi connectivity index (χ2n) is 5.19. The molecule has 9 nitrogen and oxygen atoms in total. The minimum absolute atomic E-state index is 0.149. The van der Waals surface area contributed by atoms with Gasteiger partial charge in [-0.2, -0.15) is 0 Å².